The van der Waals surface area contributed by atoms with Crippen LogP contribution in [-0.4, -0.2) is 71.7 Å². The van der Waals surface area contributed by atoms with Gasteiger partial charge in [-0.2, -0.15) is 10.0 Å². The van der Waals surface area contributed by atoms with E-state index >= 15 is 0 Å². The number of unbranched alkanes of at least 4 members (excludes halogenated alkanes) is 2. The molecule has 0 saturated carbocycles. The van der Waals surface area contributed by atoms with E-state index in [9.17, 15) is 10.2 Å². The van der Waals surface area contributed by atoms with E-state index in [0.717, 1.165) is 86.4 Å². The molecule has 2 aromatic carbocycles. The Morgan fingerprint density at radius 3 is 2.04 bits per heavy atom. The van der Waals surface area contributed by atoms with Crippen LogP contribution >= 0.6 is 10.0 Å². The topological polar surface area (TPSA) is 114 Å². The Labute approximate surface area is 284 Å². The summed E-state index contributed by atoms with van der Waals surface area (Å²) in [6.07, 6.45) is 12.1. The van der Waals surface area contributed by atoms with Crippen molar-refractivity contribution in [2.45, 2.75) is 82.8 Å². The normalized spacial score (nSPS) is 20.9. The maximum atomic E-state index is 12.6. The third-order valence-electron chi connectivity index (χ3n) is 8.96. The molecular weight excluding hydrogens is 612 g/mol. The van der Waals surface area contributed by atoms with Crippen LogP contribution < -0.4 is 14.2 Å². The van der Waals surface area contributed by atoms with Gasteiger partial charge in [0, 0.05) is 62.8 Å². The van der Waals surface area contributed by atoms with Crippen molar-refractivity contribution in [3.8, 4) is 5.75 Å². The monoisotopic (exact) mass is 671 g/mol. The Balaban J connectivity index is 0.00000119. The van der Waals surface area contributed by atoms with Crippen molar-refractivity contribution >= 4 is 21.7 Å². The number of aliphatic hydroxyl groups excluding tert-OH is 3. The van der Waals surface area contributed by atoms with Crippen LogP contribution in [0.4, 0.5) is 5.69 Å². The van der Waals surface area contributed by atoms with E-state index in [1.165, 1.54) is 4.90 Å². The zero-order valence-corrected chi connectivity index (χ0v) is 30.6. The number of hydrogen-bond donors (Lipinski definition) is 4. The summed E-state index contributed by atoms with van der Waals surface area (Å²) in [5.41, 5.74) is 4.26. The highest BCUT2D eigenvalue weighted by Crippen LogP contribution is 2.64. The van der Waals surface area contributed by atoms with Gasteiger partial charge in [0.1, 0.15) is 19.4 Å². The lowest BCUT2D eigenvalue weighted by Crippen LogP contribution is -2.42. The average molecular weight is 672 g/mol. The molecule has 0 spiro atoms. The molecule has 1 aromatic heterocycles. The molecule has 4 N–H and O–H groups in total. The number of carbonyl (C=O) groups is 1. The lowest BCUT2D eigenvalue weighted by molar-refractivity contribution is -0.671. The first-order valence-corrected chi connectivity index (χ1v) is 18.9. The fourth-order valence-corrected chi connectivity index (χ4v) is 9.76. The third-order valence-corrected chi connectivity index (χ3v) is 12.2. The Bertz CT molecular complexity index is 1350. The molecule has 1 unspecified atom stereocenters. The second-order valence-corrected chi connectivity index (χ2v) is 16.4. The van der Waals surface area contributed by atoms with Gasteiger partial charge in [0.15, 0.2) is 12.4 Å². The molecule has 262 valence electrons. The van der Waals surface area contributed by atoms with Gasteiger partial charge in [-0.3, -0.25) is 4.79 Å². The van der Waals surface area contributed by atoms with Crippen LogP contribution in [0.25, 0.3) is 0 Å². The molecule has 3 aromatic rings. The minimum absolute atomic E-state index is 0.144. The van der Waals surface area contributed by atoms with Gasteiger partial charge in [-0.25, -0.2) is 4.57 Å². The molecular formula is C38H59N2O6S+. The Morgan fingerprint density at radius 2 is 1.55 bits per heavy atom. The molecule has 3 atom stereocenters. The van der Waals surface area contributed by atoms with Crippen LogP contribution in [0.3, 0.4) is 0 Å². The van der Waals surface area contributed by atoms with Crippen molar-refractivity contribution in [2.75, 3.05) is 44.1 Å². The molecule has 4 rings (SSSR count). The number of rotatable bonds is 12. The number of ether oxygens (including phenoxy) is 1. The molecule has 47 heavy (non-hydrogen) atoms. The number of carboxylic acid groups (broad SMARTS) is 1. The molecule has 0 bridgehead atoms. The van der Waals surface area contributed by atoms with Gasteiger partial charge in [0.05, 0.1) is 12.0 Å². The lowest BCUT2D eigenvalue weighted by Gasteiger charge is -2.46. The van der Waals surface area contributed by atoms with Crippen molar-refractivity contribution in [3.05, 3.63) is 83.7 Å². The zero-order valence-electron chi connectivity index (χ0n) is 29.8. The number of aromatic nitrogens is 1. The van der Waals surface area contributed by atoms with E-state index in [1.54, 1.807) is 0 Å². The number of hydrogen-bond acceptors (Lipinski definition) is 6. The quantitative estimate of drug-likeness (QED) is 0.163. The van der Waals surface area contributed by atoms with E-state index in [0.29, 0.717) is 6.61 Å². The van der Waals surface area contributed by atoms with Gasteiger partial charge < -0.3 is 30.1 Å². The zero-order chi connectivity index (χ0) is 35.2. The van der Waals surface area contributed by atoms with Gasteiger partial charge in [0.25, 0.3) is 5.97 Å². The Morgan fingerprint density at radius 1 is 1.00 bits per heavy atom. The highest BCUT2D eigenvalue weighted by Gasteiger charge is 2.49. The maximum absolute atomic E-state index is 12.6. The minimum Gasteiger partial charge on any atom is -0.489 e. The van der Waals surface area contributed by atoms with Crippen molar-refractivity contribution in [1.29, 1.82) is 0 Å². The molecule has 8 nitrogen and oxygen atoms in total. The van der Waals surface area contributed by atoms with Gasteiger partial charge >= 0.3 is 0 Å². The number of benzene rings is 2. The number of pyridine rings is 1. The van der Waals surface area contributed by atoms with Crippen LogP contribution in [0, 0.1) is 5.41 Å². The van der Waals surface area contributed by atoms with Crippen molar-refractivity contribution < 1.29 is 34.5 Å². The van der Waals surface area contributed by atoms with E-state index in [4.69, 9.17) is 19.7 Å². The van der Waals surface area contributed by atoms with Crippen molar-refractivity contribution in [3.63, 3.8) is 0 Å². The highest BCUT2D eigenvalue weighted by molar-refractivity contribution is 8.33. The van der Waals surface area contributed by atoms with E-state index in [-0.39, 0.29) is 17.3 Å². The summed E-state index contributed by atoms with van der Waals surface area (Å²) in [4.78, 5) is 12.4. The summed E-state index contributed by atoms with van der Waals surface area (Å²) in [6, 6.07) is 19.2. The number of anilines is 1. The second-order valence-electron chi connectivity index (χ2n) is 12.9. The highest BCUT2D eigenvalue weighted by atomic mass is 32.3. The molecule has 0 saturated heterocycles. The first-order chi connectivity index (χ1) is 22.4. The first-order valence-electron chi connectivity index (χ1n) is 16.5. The molecule has 0 aliphatic carbocycles. The summed E-state index contributed by atoms with van der Waals surface area (Å²) in [7, 11) is 5.58. The minimum atomic E-state index is -1.56. The summed E-state index contributed by atoms with van der Waals surface area (Å²) < 4.78 is 8.15. The van der Waals surface area contributed by atoms with Crippen LogP contribution in [0.2, 0.25) is 0 Å². The number of carboxylic acids is 1. The fraction of sp³-hybridized carbons (Fsp3) is 0.526. The molecule has 1 aliphatic rings. The number of aryl methyl sites for hydroxylation is 1. The number of fused-ring (bicyclic) bond motifs is 1. The van der Waals surface area contributed by atoms with Crippen LogP contribution in [0.15, 0.2) is 71.9 Å². The average Bonchev–Trinajstić information content (AvgIpc) is 3.14. The molecule has 0 amide bonds. The SMILES string of the molecule is CC(=O)O.CCCCC1(CCCC)CS(C)(CO)c2ccc(N(C)C)cc2[C@@H](c2ccc(OCc3cc[n+](C)cc3)cc2)[C@H]1O.CO. The van der Waals surface area contributed by atoms with Gasteiger partial charge in [-0.15, -0.1) is 0 Å². The van der Waals surface area contributed by atoms with Crippen LogP contribution in [0.1, 0.15) is 81.9 Å². The Hall–Kier alpha value is -3.11. The summed E-state index contributed by atoms with van der Waals surface area (Å²) in [5.74, 6) is 0.813. The first kappa shape index (κ1) is 40.1. The van der Waals surface area contributed by atoms with Crippen molar-refractivity contribution in [2.24, 2.45) is 12.5 Å². The summed E-state index contributed by atoms with van der Waals surface area (Å²) in [6.45, 7) is 6.06. The number of aliphatic hydroxyl groups is 3. The van der Waals surface area contributed by atoms with Gasteiger partial charge in [-0.1, -0.05) is 51.7 Å². The smallest absolute Gasteiger partial charge is 0.300 e. The van der Waals surface area contributed by atoms with E-state index in [1.807, 2.05) is 36.1 Å². The third kappa shape index (κ3) is 10.7. The maximum Gasteiger partial charge on any atom is 0.300 e. The molecule has 2 heterocycles. The number of aliphatic carboxylic acids is 1. The largest absolute Gasteiger partial charge is 0.489 e. The standard InChI is InChI=1S/C35H51N2O3S.C2H4O2.CH4O/c1-7-9-19-35(20-10-8-2)25-41(6,26-38)32-16-13-29(36(3)4)23-31(32)33(34(35)39)28-11-14-30(15-12-28)40-24-27-17-21-37(5)22-18-27;1-2(3)4;1-2/h11-18,21-23,33-34,38-39H,7-10,19-20,24-26H2,1-6H3;1H3,(H,3,4);2H,1H3/q+1;;/t33-,34-;;/m1../s1. The second kappa shape index (κ2) is 19.0. The van der Waals surface area contributed by atoms with Crippen LogP contribution in [0.5, 0.6) is 5.75 Å². The van der Waals surface area contributed by atoms with Gasteiger partial charge in [-0.05, 0) is 71.2 Å². The molecule has 0 fully saturated rings. The van der Waals surface area contributed by atoms with Crippen molar-refractivity contribution in [1.82, 2.24) is 0 Å². The van der Waals surface area contributed by atoms with Gasteiger partial charge in [0.2, 0.25) is 0 Å². The lowest BCUT2D eigenvalue weighted by atomic mass is 9.68. The van der Waals surface area contributed by atoms with Crippen LogP contribution in [-0.2, 0) is 18.4 Å². The number of nitrogens with zero attached hydrogens (tertiary/aromatic N) is 2. The Kier molecular flexibility index (Phi) is 16.2. The predicted molar refractivity (Wildman–Crippen MR) is 194 cm³/mol. The molecule has 9 heteroatoms. The molecule has 1 aliphatic heterocycles. The molecule has 0 radical (unpaired) electrons. The fourth-order valence-electron chi connectivity index (χ4n) is 6.49. The van der Waals surface area contributed by atoms with E-state index in [2.05, 4.69) is 81.6 Å². The predicted octanol–water partition coefficient (Wildman–Crippen LogP) is 6.47. The summed E-state index contributed by atoms with van der Waals surface area (Å²) >= 11 is 0. The summed E-state index contributed by atoms with van der Waals surface area (Å²) in [5, 5.41) is 38.0. The van der Waals surface area contributed by atoms with E-state index < -0.39 is 22.1 Å².